The quantitative estimate of drug-likeness (QED) is 0.226. The number of nitrogens with one attached hydrogen (secondary N) is 1. The van der Waals surface area contributed by atoms with Gasteiger partial charge in [-0.05, 0) is 68.1 Å². The summed E-state index contributed by atoms with van der Waals surface area (Å²) in [5, 5.41) is 38.2. The Kier molecular flexibility index (Phi) is 8.21. The molecule has 4 N–H and O–H groups in total. The van der Waals surface area contributed by atoms with Crippen LogP contribution in [-0.2, 0) is 32.7 Å². The van der Waals surface area contributed by atoms with E-state index in [0.29, 0.717) is 70.2 Å². The van der Waals surface area contributed by atoms with Crippen molar-refractivity contribution in [1.29, 1.82) is 0 Å². The number of methoxy groups -OCH3 is 2. The first-order chi connectivity index (χ1) is 25.9. The van der Waals surface area contributed by atoms with Crippen molar-refractivity contribution in [2.24, 2.45) is 0 Å². The highest BCUT2D eigenvalue weighted by molar-refractivity contribution is 7.99. The van der Waals surface area contributed by atoms with Crippen molar-refractivity contribution in [3.05, 3.63) is 62.7 Å². The molecule has 54 heavy (non-hydrogen) atoms. The Morgan fingerprint density at radius 2 is 1.80 bits per heavy atom. The molecule has 4 bridgehead atoms. The summed E-state index contributed by atoms with van der Waals surface area (Å²) >= 11 is 1.47. The highest BCUT2D eigenvalue weighted by atomic mass is 32.2. The maximum absolute atomic E-state index is 14.7. The zero-order chi connectivity index (χ0) is 38.0. The number of aromatic hydroxyl groups is 2. The molecular formula is C39H43N3O11S. The van der Waals surface area contributed by atoms with Gasteiger partial charge in [0, 0.05) is 47.5 Å². The predicted octanol–water partition coefficient (Wildman–Crippen LogP) is 3.41. The first-order valence-corrected chi connectivity index (χ1v) is 19.1. The Morgan fingerprint density at radius 3 is 2.54 bits per heavy atom. The molecule has 3 aromatic rings. The van der Waals surface area contributed by atoms with Crippen LogP contribution in [0.4, 0.5) is 0 Å². The molecule has 2 saturated heterocycles. The normalized spacial score (nSPS) is 29.4. The lowest BCUT2D eigenvalue weighted by molar-refractivity contribution is -0.186. The number of carbonyl (C=O) groups is 2. The average molecular weight is 762 g/mol. The maximum Gasteiger partial charge on any atom is 0.331 e. The van der Waals surface area contributed by atoms with Crippen LogP contribution in [-0.4, -0.2) is 102 Å². The van der Waals surface area contributed by atoms with Gasteiger partial charge in [-0.25, -0.2) is 4.79 Å². The number of ether oxygens (including phenoxy) is 6. The fraction of sp³-hybridized carbons (Fsp3) is 0.487. The number of carbonyl (C=O) groups excluding carboxylic acids is 2. The molecule has 15 heteroatoms. The van der Waals surface area contributed by atoms with Gasteiger partial charge >= 0.3 is 11.9 Å². The van der Waals surface area contributed by atoms with E-state index in [-0.39, 0.29) is 42.4 Å². The van der Waals surface area contributed by atoms with Gasteiger partial charge in [-0.2, -0.15) is 0 Å². The number of aliphatic hydroxyl groups is 1. The number of thioether (sulfide) groups is 1. The summed E-state index contributed by atoms with van der Waals surface area (Å²) in [6.45, 7) is 5.26. The Morgan fingerprint density at radius 1 is 1.02 bits per heavy atom. The third-order valence-corrected chi connectivity index (χ3v) is 13.7. The second kappa shape index (κ2) is 12.6. The van der Waals surface area contributed by atoms with Crippen LogP contribution in [0.1, 0.15) is 68.8 Å². The van der Waals surface area contributed by atoms with E-state index in [2.05, 4.69) is 10.2 Å². The second-order valence-electron chi connectivity index (χ2n) is 14.9. The molecule has 0 aromatic heterocycles. The van der Waals surface area contributed by atoms with E-state index >= 15 is 0 Å². The minimum absolute atomic E-state index is 0.0226. The van der Waals surface area contributed by atoms with Crippen molar-refractivity contribution in [3.63, 3.8) is 0 Å². The number of phenolic OH excluding ortho intramolecular Hbond substituents is 2. The summed E-state index contributed by atoms with van der Waals surface area (Å²) < 4.78 is 35.9. The van der Waals surface area contributed by atoms with Gasteiger partial charge in [0.2, 0.25) is 6.79 Å². The number of aliphatic hydroxyl groups excluding tert-OH is 1. The van der Waals surface area contributed by atoms with E-state index in [1.54, 1.807) is 12.1 Å². The standard InChI is InChI=1S/C39H43N3O11S/c1-16-9-20-10-22-37(46)42-23-13-50-38(47)39(21-12-25(48-5)24(44)11-19(21)7-8-40-39)14-54-36(30(42)29(41(22)4)26(20)31(45)32(16)49-6)28-27(23)35-34(51-15-52-35)17(2)33(28)53-18(3)43/h9,11-12,22-23,29-30,36-37,40,44-46H,7-8,10,13-15H2,1-6H3/t22?,23-,29?,30?,36?,37-,39+/m0/s1. The molecule has 10 rings (SSSR count). The number of benzene rings is 3. The first kappa shape index (κ1) is 35.3. The van der Waals surface area contributed by atoms with Crippen LogP contribution in [0.3, 0.4) is 0 Å². The van der Waals surface area contributed by atoms with E-state index in [1.807, 2.05) is 31.9 Å². The van der Waals surface area contributed by atoms with Gasteiger partial charge in [-0.3, -0.25) is 19.9 Å². The monoisotopic (exact) mass is 761 g/mol. The minimum atomic E-state index is -1.36. The van der Waals surface area contributed by atoms with Gasteiger partial charge in [0.1, 0.15) is 18.6 Å². The number of rotatable bonds is 3. The van der Waals surface area contributed by atoms with Gasteiger partial charge in [-0.15, -0.1) is 11.8 Å². The van der Waals surface area contributed by atoms with Crippen LogP contribution < -0.4 is 29.0 Å². The predicted molar refractivity (Wildman–Crippen MR) is 195 cm³/mol. The molecule has 4 unspecified atom stereocenters. The largest absolute Gasteiger partial charge is 0.504 e. The summed E-state index contributed by atoms with van der Waals surface area (Å²) in [5.41, 5.74) is 4.36. The van der Waals surface area contributed by atoms with Crippen molar-refractivity contribution in [1.82, 2.24) is 15.1 Å². The molecule has 14 nitrogen and oxygen atoms in total. The molecular weight excluding hydrogens is 719 g/mol. The Balaban J connectivity index is 1.32. The second-order valence-corrected chi connectivity index (χ2v) is 16.1. The summed E-state index contributed by atoms with van der Waals surface area (Å²) in [7, 11) is 4.96. The Hall–Kier alpha value is -4.41. The Bertz CT molecular complexity index is 2130. The molecule has 7 aliphatic heterocycles. The van der Waals surface area contributed by atoms with Crippen LogP contribution in [0.15, 0.2) is 18.2 Å². The van der Waals surface area contributed by atoms with Gasteiger partial charge < -0.3 is 43.7 Å². The zero-order valence-electron chi connectivity index (χ0n) is 30.8. The van der Waals surface area contributed by atoms with E-state index in [1.165, 1.54) is 32.9 Å². The summed E-state index contributed by atoms with van der Waals surface area (Å²) in [6.07, 6.45) is -0.0282. The molecule has 286 valence electrons. The van der Waals surface area contributed by atoms with Crippen molar-refractivity contribution in [2.45, 2.75) is 74.8 Å². The van der Waals surface area contributed by atoms with Crippen molar-refractivity contribution in [3.8, 4) is 40.2 Å². The lowest BCUT2D eigenvalue weighted by Gasteiger charge is -2.62. The summed E-state index contributed by atoms with van der Waals surface area (Å²) in [5.74, 6) is 0.949. The molecule has 7 heterocycles. The van der Waals surface area contributed by atoms with E-state index in [9.17, 15) is 24.9 Å². The molecule has 3 aromatic carbocycles. The zero-order valence-corrected chi connectivity index (χ0v) is 31.7. The lowest BCUT2D eigenvalue weighted by Crippen LogP contribution is -2.70. The van der Waals surface area contributed by atoms with Crippen molar-refractivity contribution >= 4 is 23.7 Å². The third-order valence-electron chi connectivity index (χ3n) is 12.3. The molecule has 0 radical (unpaired) electrons. The third kappa shape index (κ3) is 4.74. The van der Waals surface area contributed by atoms with Crippen LogP contribution >= 0.6 is 11.8 Å². The van der Waals surface area contributed by atoms with Gasteiger partial charge in [0.15, 0.2) is 40.0 Å². The summed E-state index contributed by atoms with van der Waals surface area (Å²) in [4.78, 5) is 31.7. The lowest BCUT2D eigenvalue weighted by atomic mass is 9.73. The molecule has 0 aliphatic carbocycles. The number of fused-ring (bicyclic) bond motifs is 9. The summed E-state index contributed by atoms with van der Waals surface area (Å²) in [6, 6.07) is 3.13. The molecule has 0 amide bonds. The smallest absolute Gasteiger partial charge is 0.331 e. The number of piperazine rings is 1. The van der Waals surface area contributed by atoms with E-state index in [0.717, 1.165) is 16.7 Å². The van der Waals surface area contributed by atoms with Crippen LogP contribution in [0.25, 0.3) is 0 Å². The minimum Gasteiger partial charge on any atom is -0.504 e. The van der Waals surface area contributed by atoms with E-state index < -0.39 is 47.1 Å². The highest BCUT2D eigenvalue weighted by Crippen LogP contribution is 2.64. The fourth-order valence-corrected chi connectivity index (χ4v) is 11.7. The molecule has 7 atom stereocenters. The van der Waals surface area contributed by atoms with Gasteiger partial charge in [-0.1, -0.05) is 6.07 Å². The topological polar surface area (TPSA) is 169 Å². The van der Waals surface area contributed by atoms with Gasteiger partial charge in [0.25, 0.3) is 0 Å². The van der Waals surface area contributed by atoms with Crippen LogP contribution in [0.2, 0.25) is 0 Å². The SMILES string of the molecule is COc1cc2c(cc1O)CCN[C@]21CSC2c3c(OC(C)=O)c(C)c4c(c3[C@H](COC1=O)N1C2C2c3c(cc(C)c(OC)c3O)CC([C@@H]1O)N2C)OCO4. The molecule has 1 spiro atoms. The average Bonchev–Trinajstić information content (AvgIpc) is 3.63. The van der Waals surface area contributed by atoms with E-state index in [4.69, 9.17) is 28.4 Å². The van der Waals surface area contributed by atoms with Gasteiger partial charge in [0.05, 0.1) is 37.6 Å². The van der Waals surface area contributed by atoms with Crippen LogP contribution in [0.5, 0.6) is 40.2 Å². The maximum atomic E-state index is 14.7. The highest BCUT2D eigenvalue weighted by Gasteiger charge is 2.61. The Labute approximate surface area is 316 Å². The number of likely N-dealkylation sites (N-methyl/N-ethyl adjacent to an activating group) is 1. The number of aryl methyl sites for hydroxylation is 1. The molecule has 7 aliphatic rings. The number of esters is 2. The number of nitrogens with zero attached hydrogens (tertiary/aromatic N) is 2. The number of phenols is 2. The first-order valence-electron chi connectivity index (χ1n) is 18.1. The molecule has 0 saturated carbocycles. The number of hydrogen-bond donors (Lipinski definition) is 4. The fourth-order valence-electron chi connectivity index (χ4n) is 10.00. The van der Waals surface area contributed by atoms with Crippen molar-refractivity contribution in [2.75, 3.05) is 47.0 Å². The van der Waals surface area contributed by atoms with Crippen LogP contribution in [0, 0.1) is 13.8 Å². The molecule has 2 fully saturated rings. The number of hydrogen-bond acceptors (Lipinski definition) is 15. The van der Waals surface area contributed by atoms with Crippen molar-refractivity contribution < 1.29 is 53.3 Å².